The summed E-state index contributed by atoms with van der Waals surface area (Å²) in [7, 11) is 0. The first-order valence-corrected chi connectivity index (χ1v) is 5.48. The molecule has 0 aliphatic carbocycles. The number of nitrogen functional groups attached to an aromatic ring is 1. The molecule has 0 spiro atoms. The van der Waals surface area contributed by atoms with Crippen LogP contribution in [0, 0.1) is 5.92 Å². The molecule has 0 aromatic carbocycles. The van der Waals surface area contributed by atoms with Gasteiger partial charge in [0.15, 0.2) is 11.5 Å². The normalized spacial score (nSPS) is 20.6. The minimum absolute atomic E-state index is 0.466. The lowest BCUT2D eigenvalue weighted by Crippen LogP contribution is -2.11. The van der Waals surface area contributed by atoms with E-state index >= 15 is 0 Å². The van der Waals surface area contributed by atoms with E-state index in [1.807, 2.05) is 0 Å². The first kappa shape index (κ1) is 9.53. The van der Waals surface area contributed by atoms with Crippen molar-refractivity contribution in [3.05, 3.63) is 12.2 Å². The zero-order chi connectivity index (χ0) is 11.0. The van der Waals surface area contributed by atoms with Gasteiger partial charge in [-0.15, -0.1) is 0 Å². The summed E-state index contributed by atoms with van der Waals surface area (Å²) < 4.78 is 0. The van der Waals surface area contributed by atoms with E-state index in [4.69, 9.17) is 5.73 Å². The Kier molecular flexibility index (Phi) is 2.21. The minimum atomic E-state index is 0.466. The van der Waals surface area contributed by atoms with Crippen molar-refractivity contribution in [2.24, 2.45) is 5.92 Å². The number of hydrogen-bond donors (Lipinski definition) is 3. The average molecular weight is 218 g/mol. The van der Waals surface area contributed by atoms with Crippen molar-refractivity contribution in [3.63, 3.8) is 0 Å². The predicted molar refractivity (Wildman–Crippen MR) is 60.8 cm³/mol. The number of nitrogens with zero attached hydrogens (tertiary/aromatic N) is 3. The molecule has 4 N–H and O–H groups in total. The lowest BCUT2D eigenvalue weighted by molar-refractivity contribution is 0.565. The number of nitrogens with one attached hydrogen (secondary N) is 2. The van der Waals surface area contributed by atoms with Gasteiger partial charge >= 0.3 is 0 Å². The lowest BCUT2D eigenvalue weighted by atomic mass is 10.1. The van der Waals surface area contributed by atoms with Gasteiger partial charge in [-0.25, -0.2) is 15.0 Å². The molecule has 6 heteroatoms. The Morgan fingerprint density at radius 1 is 1.44 bits per heavy atom. The Labute approximate surface area is 92.7 Å². The molecule has 0 amide bonds. The number of fused-ring (bicyclic) bond motifs is 1. The van der Waals surface area contributed by atoms with E-state index in [9.17, 15) is 0 Å². The Balaban J connectivity index is 1.90. The smallest absolute Gasteiger partial charge is 0.183 e. The summed E-state index contributed by atoms with van der Waals surface area (Å²) in [5.41, 5.74) is 7.16. The van der Waals surface area contributed by atoms with Gasteiger partial charge in [0.1, 0.15) is 17.7 Å². The molecule has 0 bridgehead atoms. The second-order valence-corrected chi connectivity index (χ2v) is 4.20. The van der Waals surface area contributed by atoms with Gasteiger partial charge in [-0.1, -0.05) is 0 Å². The molecular formula is C10H14N6. The summed E-state index contributed by atoms with van der Waals surface area (Å²) in [6, 6.07) is 0. The number of aromatic nitrogens is 4. The zero-order valence-electron chi connectivity index (χ0n) is 8.90. The van der Waals surface area contributed by atoms with Gasteiger partial charge in [0, 0.05) is 6.42 Å². The van der Waals surface area contributed by atoms with Crippen molar-refractivity contribution in [2.45, 2.75) is 12.8 Å². The number of hydrogen-bond acceptors (Lipinski definition) is 5. The third-order valence-corrected chi connectivity index (χ3v) is 3.01. The fraction of sp³-hybridized carbons (Fsp3) is 0.500. The molecule has 6 nitrogen and oxygen atoms in total. The van der Waals surface area contributed by atoms with Gasteiger partial charge in [0.05, 0.1) is 0 Å². The molecule has 0 saturated carbocycles. The van der Waals surface area contributed by atoms with Gasteiger partial charge < -0.3 is 16.0 Å². The fourth-order valence-corrected chi connectivity index (χ4v) is 2.15. The summed E-state index contributed by atoms with van der Waals surface area (Å²) in [5.74, 6) is 2.08. The lowest BCUT2D eigenvalue weighted by Gasteiger charge is -2.03. The maximum atomic E-state index is 5.74. The van der Waals surface area contributed by atoms with Crippen molar-refractivity contribution in [2.75, 3.05) is 18.8 Å². The van der Waals surface area contributed by atoms with Crippen LogP contribution in [-0.4, -0.2) is 33.0 Å². The zero-order valence-corrected chi connectivity index (χ0v) is 8.90. The Bertz CT molecular complexity index is 499. The Hall–Kier alpha value is -1.69. The molecule has 2 aromatic heterocycles. The molecule has 3 heterocycles. The fourth-order valence-electron chi connectivity index (χ4n) is 2.15. The highest BCUT2D eigenvalue weighted by molar-refractivity contribution is 5.80. The van der Waals surface area contributed by atoms with Crippen LogP contribution in [-0.2, 0) is 6.42 Å². The number of anilines is 1. The van der Waals surface area contributed by atoms with Crippen molar-refractivity contribution in [3.8, 4) is 0 Å². The third-order valence-electron chi connectivity index (χ3n) is 3.01. The van der Waals surface area contributed by atoms with Crippen LogP contribution >= 0.6 is 0 Å². The molecule has 1 fully saturated rings. The number of imidazole rings is 1. The molecule has 3 rings (SSSR count). The largest absolute Gasteiger partial charge is 0.382 e. The van der Waals surface area contributed by atoms with E-state index in [0.29, 0.717) is 17.4 Å². The monoisotopic (exact) mass is 218 g/mol. The van der Waals surface area contributed by atoms with Crippen LogP contribution in [0.25, 0.3) is 11.2 Å². The van der Waals surface area contributed by atoms with E-state index in [1.165, 1.54) is 12.7 Å². The van der Waals surface area contributed by atoms with Crippen molar-refractivity contribution in [1.82, 2.24) is 25.3 Å². The van der Waals surface area contributed by atoms with Gasteiger partial charge in [0.2, 0.25) is 0 Å². The topological polar surface area (TPSA) is 92.5 Å². The molecule has 1 aliphatic heterocycles. The van der Waals surface area contributed by atoms with E-state index in [1.54, 1.807) is 0 Å². The first-order chi connectivity index (χ1) is 7.83. The summed E-state index contributed by atoms with van der Waals surface area (Å²) in [4.78, 5) is 15.6. The second kappa shape index (κ2) is 3.71. The molecule has 0 radical (unpaired) electrons. The van der Waals surface area contributed by atoms with Gasteiger partial charge in [-0.2, -0.15) is 0 Å². The average Bonchev–Trinajstić information content (AvgIpc) is 2.88. The summed E-state index contributed by atoms with van der Waals surface area (Å²) in [6.07, 6.45) is 3.60. The molecule has 84 valence electrons. The molecular weight excluding hydrogens is 204 g/mol. The molecule has 1 atom stereocenters. The molecule has 1 aliphatic rings. The maximum absolute atomic E-state index is 5.74. The van der Waals surface area contributed by atoms with Crippen LogP contribution in [0.4, 0.5) is 5.82 Å². The SMILES string of the molecule is Nc1ncnc2nc(CC3CCNC3)[nH]c12. The second-order valence-electron chi connectivity index (χ2n) is 4.20. The van der Waals surface area contributed by atoms with Crippen molar-refractivity contribution in [1.29, 1.82) is 0 Å². The number of rotatable bonds is 2. The standard InChI is InChI=1S/C10H14N6/c11-9-8-10(14-5-13-9)16-7(15-8)3-6-1-2-12-4-6/h5-6,12H,1-4H2,(H3,11,13,14,15,16). The summed E-state index contributed by atoms with van der Waals surface area (Å²) in [5, 5.41) is 3.34. The van der Waals surface area contributed by atoms with Crippen LogP contribution in [0.1, 0.15) is 12.2 Å². The van der Waals surface area contributed by atoms with E-state index in [0.717, 1.165) is 30.9 Å². The van der Waals surface area contributed by atoms with Crippen LogP contribution < -0.4 is 11.1 Å². The van der Waals surface area contributed by atoms with Crippen molar-refractivity contribution < 1.29 is 0 Å². The third kappa shape index (κ3) is 1.61. The van der Waals surface area contributed by atoms with Crippen LogP contribution in [0.3, 0.4) is 0 Å². The van der Waals surface area contributed by atoms with Gasteiger partial charge in [-0.05, 0) is 25.4 Å². The summed E-state index contributed by atoms with van der Waals surface area (Å²) >= 11 is 0. The number of nitrogens with two attached hydrogens (primary N) is 1. The highest BCUT2D eigenvalue weighted by atomic mass is 15.0. The quantitative estimate of drug-likeness (QED) is 0.664. The van der Waals surface area contributed by atoms with E-state index in [-0.39, 0.29) is 0 Å². The van der Waals surface area contributed by atoms with Crippen molar-refractivity contribution >= 4 is 17.0 Å². The van der Waals surface area contributed by atoms with Crippen LogP contribution in [0.15, 0.2) is 6.33 Å². The first-order valence-electron chi connectivity index (χ1n) is 5.48. The van der Waals surface area contributed by atoms with Gasteiger partial charge in [0.25, 0.3) is 0 Å². The molecule has 1 unspecified atom stereocenters. The maximum Gasteiger partial charge on any atom is 0.183 e. The Morgan fingerprint density at radius 3 is 3.12 bits per heavy atom. The van der Waals surface area contributed by atoms with E-state index in [2.05, 4.69) is 25.3 Å². The number of aromatic amines is 1. The molecule has 2 aromatic rings. The summed E-state index contributed by atoms with van der Waals surface area (Å²) in [6.45, 7) is 2.17. The van der Waals surface area contributed by atoms with Crippen LogP contribution in [0.5, 0.6) is 0 Å². The number of H-pyrrole nitrogens is 1. The van der Waals surface area contributed by atoms with Gasteiger partial charge in [-0.3, -0.25) is 0 Å². The molecule has 16 heavy (non-hydrogen) atoms. The molecule has 1 saturated heterocycles. The highest BCUT2D eigenvalue weighted by Crippen LogP contribution is 2.17. The Morgan fingerprint density at radius 2 is 2.38 bits per heavy atom. The van der Waals surface area contributed by atoms with Crippen LogP contribution in [0.2, 0.25) is 0 Å². The minimum Gasteiger partial charge on any atom is -0.382 e. The predicted octanol–water partition coefficient (Wildman–Crippen LogP) is 0.0871. The highest BCUT2D eigenvalue weighted by Gasteiger charge is 2.17. The van der Waals surface area contributed by atoms with E-state index < -0.39 is 0 Å².